The molecule has 1 atom stereocenters. The van der Waals surface area contributed by atoms with E-state index in [2.05, 4.69) is 5.32 Å². The van der Waals surface area contributed by atoms with Crippen molar-refractivity contribution in [2.75, 3.05) is 13.3 Å². The zero-order valence-electron chi connectivity index (χ0n) is 10.3. The third-order valence-corrected chi connectivity index (χ3v) is 2.26. The Labute approximate surface area is 87.8 Å². The Morgan fingerprint density at radius 3 is 2.07 bits per heavy atom. The van der Waals surface area contributed by atoms with E-state index in [1.807, 2.05) is 41.5 Å². The van der Waals surface area contributed by atoms with Crippen LogP contribution >= 0.6 is 0 Å². The van der Waals surface area contributed by atoms with Gasteiger partial charge in [0, 0.05) is 6.54 Å². The summed E-state index contributed by atoms with van der Waals surface area (Å²) in [5, 5.41) is 12.8. The topological polar surface area (TPSA) is 41.5 Å². The van der Waals surface area contributed by atoms with E-state index in [1.54, 1.807) is 0 Å². The zero-order valence-corrected chi connectivity index (χ0v) is 10.3. The van der Waals surface area contributed by atoms with E-state index in [4.69, 9.17) is 4.74 Å². The Balaban J connectivity index is 3.56. The van der Waals surface area contributed by atoms with Gasteiger partial charge in [0.15, 0.2) is 0 Å². The van der Waals surface area contributed by atoms with Crippen LogP contribution in [-0.2, 0) is 4.74 Å². The van der Waals surface area contributed by atoms with Gasteiger partial charge in [-0.3, -0.25) is 5.32 Å². The molecule has 0 bridgehead atoms. The molecular formula is C11H25NO2. The second kappa shape index (κ2) is 5.10. The first kappa shape index (κ1) is 13.9. The summed E-state index contributed by atoms with van der Waals surface area (Å²) in [7, 11) is 0. The zero-order chi connectivity index (χ0) is 11.4. The quantitative estimate of drug-likeness (QED) is 0.528. The molecule has 3 nitrogen and oxygen atoms in total. The first-order valence-electron chi connectivity index (χ1n) is 5.20. The van der Waals surface area contributed by atoms with Crippen molar-refractivity contribution in [3.8, 4) is 0 Å². The molecule has 0 aliphatic heterocycles. The first-order valence-corrected chi connectivity index (χ1v) is 5.20. The van der Waals surface area contributed by atoms with Crippen molar-refractivity contribution in [2.24, 2.45) is 5.92 Å². The van der Waals surface area contributed by atoms with E-state index < -0.39 is 5.60 Å². The van der Waals surface area contributed by atoms with Crippen LogP contribution in [0.5, 0.6) is 0 Å². The lowest BCUT2D eigenvalue weighted by Gasteiger charge is -2.27. The Bertz CT molecular complexity index is 156. The fraction of sp³-hybridized carbons (Fsp3) is 1.00. The van der Waals surface area contributed by atoms with E-state index in [-0.39, 0.29) is 11.5 Å². The van der Waals surface area contributed by atoms with Gasteiger partial charge in [0.25, 0.3) is 0 Å². The molecule has 0 aromatic carbocycles. The van der Waals surface area contributed by atoms with E-state index in [1.165, 1.54) is 0 Å². The highest BCUT2D eigenvalue weighted by Crippen LogP contribution is 2.14. The van der Waals surface area contributed by atoms with Gasteiger partial charge >= 0.3 is 0 Å². The van der Waals surface area contributed by atoms with Crippen LogP contribution in [0.4, 0.5) is 0 Å². The summed E-state index contributed by atoms with van der Waals surface area (Å²) in [5.74, 6) is 0.214. The Kier molecular flexibility index (Phi) is 5.06. The molecule has 0 aromatic heterocycles. The molecule has 1 unspecified atom stereocenters. The molecule has 0 aliphatic carbocycles. The summed E-state index contributed by atoms with van der Waals surface area (Å²) >= 11 is 0. The van der Waals surface area contributed by atoms with Crippen molar-refractivity contribution in [2.45, 2.75) is 52.7 Å². The highest BCUT2D eigenvalue weighted by Gasteiger charge is 2.21. The second-order valence-electron chi connectivity index (χ2n) is 5.41. The molecule has 0 spiro atoms. The Morgan fingerprint density at radius 1 is 1.21 bits per heavy atom. The maximum Gasteiger partial charge on any atom is 0.0972 e. The van der Waals surface area contributed by atoms with E-state index in [9.17, 15) is 5.11 Å². The third-order valence-electron chi connectivity index (χ3n) is 2.26. The molecule has 2 N–H and O–H groups in total. The molecule has 3 heteroatoms. The van der Waals surface area contributed by atoms with E-state index in [0.29, 0.717) is 6.73 Å². The lowest BCUT2D eigenvalue weighted by molar-refractivity contribution is -0.0223. The van der Waals surface area contributed by atoms with Gasteiger partial charge in [0.05, 0.1) is 17.9 Å². The molecular weight excluding hydrogens is 178 g/mol. The van der Waals surface area contributed by atoms with Crippen LogP contribution in [-0.4, -0.2) is 29.6 Å². The minimum atomic E-state index is -0.630. The van der Waals surface area contributed by atoms with Gasteiger partial charge in [-0.05, 0) is 40.5 Å². The fourth-order valence-electron chi connectivity index (χ4n) is 0.793. The van der Waals surface area contributed by atoms with Crippen molar-refractivity contribution >= 4 is 0 Å². The number of hydrogen-bond acceptors (Lipinski definition) is 3. The maximum atomic E-state index is 9.66. The Hall–Kier alpha value is -0.120. The van der Waals surface area contributed by atoms with Gasteiger partial charge in [0.1, 0.15) is 0 Å². The van der Waals surface area contributed by atoms with Crippen LogP contribution in [0.2, 0.25) is 0 Å². The normalized spacial score (nSPS) is 15.6. The lowest BCUT2D eigenvalue weighted by Crippen LogP contribution is -2.38. The largest absolute Gasteiger partial charge is 0.390 e. The number of aliphatic hydroxyl groups is 1. The molecule has 86 valence electrons. The molecule has 0 aliphatic rings. The van der Waals surface area contributed by atoms with Gasteiger partial charge in [-0.15, -0.1) is 0 Å². The summed E-state index contributed by atoms with van der Waals surface area (Å²) in [6, 6.07) is 0. The number of hydrogen-bond donors (Lipinski definition) is 2. The highest BCUT2D eigenvalue weighted by atomic mass is 16.5. The highest BCUT2D eigenvalue weighted by molar-refractivity contribution is 4.74. The minimum absolute atomic E-state index is 0.106. The van der Waals surface area contributed by atoms with Gasteiger partial charge < -0.3 is 9.84 Å². The van der Waals surface area contributed by atoms with Crippen molar-refractivity contribution in [1.82, 2.24) is 5.32 Å². The van der Waals surface area contributed by atoms with Crippen molar-refractivity contribution in [3.05, 3.63) is 0 Å². The predicted octanol–water partition coefficient (Wildman–Crippen LogP) is 1.76. The summed E-state index contributed by atoms with van der Waals surface area (Å²) in [6.45, 7) is 13.0. The molecule has 0 rings (SSSR count). The maximum absolute atomic E-state index is 9.66. The van der Waals surface area contributed by atoms with Crippen LogP contribution in [0.15, 0.2) is 0 Å². The van der Waals surface area contributed by atoms with Crippen LogP contribution < -0.4 is 5.32 Å². The van der Waals surface area contributed by atoms with Crippen LogP contribution in [0, 0.1) is 5.92 Å². The van der Waals surface area contributed by atoms with Crippen LogP contribution in [0.3, 0.4) is 0 Å². The summed E-state index contributed by atoms with van der Waals surface area (Å²) < 4.78 is 5.50. The smallest absolute Gasteiger partial charge is 0.0972 e. The first-order chi connectivity index (χ1) is 6.13. The Morgan fingerprint density at radius 2 is 1.71 bits per heavy atom. The van der Waals surface area contributed by atoms with Crippen molar-refractivity contribution < 1.29 is 9.84 Å². The number of rotatable bonds is 5. The molecule has 14 heavy (non-hydrogen) atoms. The van der Waals surface area contributed by atoms with Gasteiger partial charge in [-0.25, -0.2) is 0 Å². The molecule has 0 saturated heterocycles. The van der Waals surface area contributed by atoms with Crippen molar-refractivity contribution in [1.29, 1.82) is 0 Å². The van der Waals surface area contributed by atoms with Gasteiger partial charge in [-0.1, -0.05) is 6.92 Å². The summed E-state index contributed by atoms with van der Waals surface area (Å²) in [6.07, 6.45) is 0. The molecule has 0 fully saturated rings. The molecule has 0 saturated carbocycles. The average molecular weight is 203 g/mol. The summed E-state index contributed by atoms with van der Waals surface area (Å²) in [5.41, 5.74) is -0.736. The predicted molar refractivity (Wildman–Crippen MR) is 59.2 cm³/mol. The van der Waals surface area contributed by atoms with Crippen LogP contribution in [0.25, 0.3) is 0 Å². The number of nitrogens with one attached hydrogen (secondary N) is 1. The monoisotopic (exact) mass is 203 g/mol. The fourth-order valence-corrected chi connectivity index (χ4v) is 0.793. The van der Waals surface area contributed by atoms with Crippen molar-refractivity contribution in [3.63, 3.8) is 0 Å². The van der Waals surface area contributed by atoms with Gasteiger partial charge in [0.2, 0.25) is 0 Å². The molecule has 0 heterocycles. The third kappa shape index (κ3) is 7.30. The molecule has 0 amide bonds. The average Bonchev–Trinajstić information content (AvgIpc) is 1.93. The van der Waals surface area contributed by atoms with Crippen LogP contribution in [0.1, 0.15) is 41.5 Å². The summed E-state index contributed by atoms with van der Waals surface area (Å²) in [4.78, 5) is 0. The minimum Gasteiger partial charge on any atom is -0.390 e. The van der Waals surface area contributed by atoms with E-state index >= 15 is 0 Å². The second-order valence-corrected chi connectivity index (χ2v) is 5.41. The standard InChI is InChI=1S/C11H25NO2/c1-9(11(5,6)13)7-12-8-14-10(2,3)4/h9,12-13H,7-8H2,1-6H3. The van der Waals surface area contributed by atoms with Gasteiger partial charge in [-0.2, -0.15) is 0 Å². The molecule has 0 aromatic rings. The number of ether oxygens (including phenoxy) is 1. The lowest BCUT2D eigenvalue weighted by atomic mass is 9.93. The molecule has 0 radical (unpaired) electrons. The van der Waals surface area contributed by atoms with E-state index in [0.717, 1.165) is 6.54 Å². The SMILES string of the molecule is CC(CNCOC(C)(C)C)C(C)(C)O.